The molecular weight excluding hydrogens is 1120 g/mol. The number of aliphatic carboxylic acids is 1. The smallest absolute Gasteiger partial charge is 0.312 e. The molecule has 4 rings (SSSR count). The van der Waals surface area contributed by atoms with Crippen molar-refractivity contribution in [2.45, 2.75) is 196 Å². The molecule has 2 aliphatic rings. The zero-order valence-electron chi connectivity index (χ0n) is 52.5. The lowest BCUT2D eigenvalue weighted by atomic mass is 9.81. The van der Waals surface area contributed by atoms with Crippen LogP contribution >= 0.6 is 11.3 Å². The second kappa shape index (κ2) is 35.2. The van der Waals surface area contributed by atoms with E-state index in [1.54, 1.807) is 41.5 Å². The van der Waals surface area contributed by atoms with Crippen molar-refractivity contribution in [2.24, 2.45) is 47.2 Å². The number of nitrogens with two attached hydrogens (primary N) is 1. The van der Waals surface area contributed by atoms with Crippen molar-refractivity contribution in [3.63, 3.8) is 0 Å². The van der Waals surface area contributed by atoms with Gasteiger partial charge in [-0.15, -0.1) is 11.3 Å². The van der Waals surface area contributed by atoms with Crippen molar-refractivity contribution in [3.8, 4) is 0 Å². The van der Waals surface area contributed by atoms with Crippen LogP contribution in [0.1, 0.15) is 185 Å². The van der Waals surface area contributed by atoms with E-state index >= 15 is 0 Å². The first-order chi connectivity index (χ1) is 40.6. The number of benzene rings is 1. The first-order valence-corrected chi connectivity index (χ1v) is 31.7. The number of carbonyl (C=O) groups is 11. The molecule has 7 amide bonds. The number of rotatable bonds is 38. The average Bonchev–Trinajstić information content (AvgIpc) is 3.82. The molecular formula is C64H96N8O13S. The summed E-state index contributed by atoms with van der Waals surface area (Å²) in [6, 6.07) is 3.97. The Morgan fingerprint density at radius 3 is 2.12 bits per heavy atom. The number of ether oxygens (including phenoxy) is 1. The second-order valence-corrected chi connectivity index (χ2v) is 25.4. The van der Waals surface area contributed by atoms with Crippen LogP contribution in [-0.2, 0) is 60.7 Å². The maximum absolute atomic E-state index is 14.8. The number of nitrogens with zero attached hydrogens (tertiary/aromatic N) is 4. The summed E-state index contributed by atoms with van der Waals surface area (Å²) in [5, 5.41) is 20.2. The van der Waals surface area contributed by atoms with E-state index in [4.69, 9.17) is 10.5 Å². The Balaban J connectivity index is 1.46. The van der Waals surface area contributed by atoms with Gasteiger partial charge in [-0.3, -0.25) is 57.7 Å². The van der Waals surface area contributed by atoms with Gasteiger partial charge in [0.25, 0.3) is 17.7 Å². The Labute approximate surface area is 512 Å². The highest BCUT2D eigenvalue weighted by molar-refractivity contribution is 7.09. The van der Waals surface area contributed by atoms with E-state index in [0.29, 0.717) is 55.1 Å². The van der Waals surface area contributed by atoms with Crippen molar-refractivity contribution in [3.05, 3.63) is 63.6 Å². The first-order valence-electron chi connectivity index (χ1n) is 30.8. The highest BCUT2D eigenvalue weighted by Gasteiger charge is 2.40. The Kier molecular flexibility index (Phi) is 29.4. The average molecular weight is 1220 g/mol. The molecule has 0 radical (unpaired) electrons. The third-order valence-corrected chi connectivity index (χ3v) is 17.9. The minimum absolute atomic E-state index is 0.0297. The summed E-state index contributed by atoms with van der Waals surface area (Å²) in [6.07, 6.45) is 6.81. The van der Waals surface area contributed by atoms with E-state index in [2.05, 4.69) is 32.8 Å². The number of carboxylic acids is 1. The molecule has 21 nitrogen and oxygen atoms in total. The Hall–Kier alpha value is -6.68. The third-order valence-electron chi connectivity index (χ3n) is 16.9. The molecule has 1 aromatic heterocycles. The fourth-order valence-electron chi connectivity index (χ4n) is 11.4. The van der Waals surface area contributed by atoms with Crippen LogP contribution in [0.25, 0.3) is 0 Å². The van der Waals surface area contributed by atoms with Gasteiger partial charge in [-0.05, 0) is 107 Å². The second-order valence-electron chi connectivity index (χ2n) is 24.5. The first kappa shape index (κ1) is 71.8. The molecule has 1 saturated heterocycles. The summed E-state index contributed by atoms with van der Waals surface area (Å²) < 4.78 is 5.90. The number of carbonyl (C=O) groups excluding carboxylic acids is 10. The van der Waals surface area contributed by atoms with Gasteiger partial charge >= 0.3 is 18.0 Å². The number of Topliss-reactive ketones (excluding diaryl/α,β-unsaturated/α-hetero) is 3. The van der Waals surface area contributed by atoms with E-state index in [1.165, 1.54) is 19.1 Å². The molecule has 0 bridgehead atoms. The molecule has 3 heterocycles. The van der Waals surface area contributed by atoms with Crippen LogP contribution in [0.4, 0.5) is 4.79 Å². The molecule has 6 N–H and O–H groups in total. The maximum atomic E-state index is 14.8. The number of thiazole rings is 1. The summed E-state index contributed by atoms with van der Waals surface area (Å²) in [4.78, 5) is 154. The molecule has 0 spiro atoms. The molecule has 0 aliphatic carbocycles. The van der Waals surface area contributed by atoms with Crippen molar-refractivity contribution in [1.29, 1.82) is 0 Å². The summed E-state index contributed by atoms with van der Waals surface area (Å²) in [6.45, 7) is 20.1. The van der Waals surface area contributed by atoms with E-state index in [9.17, 15) is 57.8 Å². The Morgan fingerprint density at radius 2 is 1.52 bits per heavy atom. The predicted octanol–water partition coefficient (Wildman–Crippen LogP) is 7.58. The predicted molar refractivity (Wildman–Crippen MR) is 327 cm³/mol. The van der Waals surface area contributed by atoms with Crippen LogP contribution in [-0.4, -0.2) is 147 Å². The normalized spacial score (nSPS) is 18.1. The highest BCUT2D eigenvalue weighted by atomic mass is 32.1. The highest BCUT2D eigenvalue weighted by Crippen LogP contribution is 2.34. The minimum atomic E-state index is -1.05. The van der Waals surface area contributed by atoms with Crippen molar-refractivity contribution < 1.29 is 62.6 Å². The zero-order valence-corrected chi connectivity index (χ0v) is 53.3. The molecule has 0 unspecified atom stereocenters. The number of likely N-dealkylation sites (N-methyl/N-ethyl adjacent to an activating group) is 1. The van der Waals surface area contributed by atoms with Gasteiger partial charge in [-0.2, -0.15) is 0 Å². The number of esters is 1. The van der Waals surface area contributed by atoms with Gasteiger partial charge in [0.2, 0.25) is 11.8 Å². The fourth-order valence-corrected chi connectivity index (χ4v) is 12.2. The number of imide groups is 1. The summed E-state index contributed by atoms with van der Waals surface area (Å²) >= 11 is 1.13. The number of primary amides is 1. The van der Waals surface area contributed by atoms with Crippen LogP contribution in [0.5, 0.6) is 0 Å². The number of ketones is 3. The summed E-state index contributed by atoms with van der Waals surface area (Å²) in [7, 11) is 1.97. The molecule has 10 atom stereocenters. The van der Waals surface area contributed by atoms with Gasteiger partial charge in [0, 0.05) is 100 Å². The number of likely N-dealkylation sites (tertiary alicyclic amines) is 1. The molecule has 1 aromatic carbocycles. The maximum Gasteiger partial charge on any atom is 0.312 e. The lowest BCUT2D eigenvalue weighted by molar-refractivity contribution is -0.150. The van der Waals surface area contributed by atoms with Crippen LogP contribution in [0.15, 0.2) is 41.8 Å². The summed E-state index contributed by atoms with van der Waals surface area (Å²) in [5.74, 6) is -5.99. The van der Waals surface area contributed by atoms with E-state index in [-0.39, 0.29) is 129 Å². The van der Waals surface area contributed by atoms with Gasteiger partial charge < -0.3 is 36.4 Å². The minimum Gasteiger partial charge on any atom is -0.481 e. The fraction of sp³-hybridized carbons (Fsp3) is 0.656. The SMILES string of the molecule is CC[C@H](C)[C@H](CC(=O)[C@H]1C[C@H](C)CCN1C)C(=O)N(CC)[C@H](C[C@@H](OC(C)=O)c1nc(C(=O)N[C@@H](Cc2ccc(CC(=O)[C@H](CCCNC(N)=O)NC(=O)[C@@H](CC(=O)CCCCCN3C(=O)C=CC3=O)C(C)C)cc2)C[C@H](C)C(=O)O)cs1)C(C)C. The largest absolute Gasteiger partial charge is 0.481 e. The van der Waals surface area contributed by atoms with Crippen molar-refractivity contribution >= 4 is 76.2 Å². The number of nitrogens with one attached hydrogen (secondary N) is 3. The van der Waals surface area contributed by atoms with Gasteiger partial charge in [0.05, 0.1) is 18.0 Å². The molecule has 1 fully saturated rings. The number of piperidine rings is 1. The summed E-state index contributed by atoms with van der Waals surface area (Å²) in [5.41, 5.74) is 6.64. The molecule has 0 saturated carbocycles. The quantitative estimate of drug-likeness (QED) is 0.0246. The van der Waals surface area contributed by atoms with E-state index < -0.39 is 71.8 Å². The Morgan fingerprint density at radius 1 is 0.860 bits per heavy atom. The lowest BCUT2D eigenvalue weighted by Gasteiger charge is -2.39. The van der Waals surface area contributed by atoms with Crippen LogP contribution in [0.3, 0.4) is 0 Å². The number of hydrogen-bond donors (Lipinski definition) is 5. The van der Waals surface area contributed by atoms with Crippen molar-refractivity contribution in [2.75, 3.05) is 33.2 Å². The molecule has 22 heteroatoms. The van der Waals surface area contributed by atoms with Gasteiger partial charge in [0.1, 0.15) is 16.5 Å². The third kappa shape index (κ3) is 22.6. The van der Waals surface area contributed by atoms with E-state index in [0.717, 1.165) is 41.2 Å². The van der Waals surface area contributed by atoms with Gasteiger partial charge in [0.15, 0.2) is 17.7 Å². The molecule has 476 valence electrons. The molecule has 2 aromatic rings. The lowest BCUT2D eigenvalue weighted by Crippen LogP contribution is -2.50. The number of unbranched alkanes of at least 4 members (excludes halogenated alkanes) is 2. The topological polar surface area (TPSA) is 302 Å². The van der Waals surface area contributed by atoms with Crippen molar-refractivity contribution in [1.82, 2.24) is 35.6 Å². The molecule has 2 aliphatic heterocycles. The monoisotopic (exact) mass is 1220 g/mol. The van der Waals surface area contributed by atoms with Gasteiger partial charge in [-0.25, -0.2) is 9.78 Å². The van der Waals surface area contributed by atoms with Crippen LogP contribution < -0.4 is 21.7 Å². The number of aromatic nitrogens is 1. The van der Waals surface area contributed by atoms with Crippen LogP contribution in [0.2, 0.25) is 0 Å². The number of amides is 7. The van der Waals surface area contributed by atoms with Gasteiger partial charge in [-0.1, -0.05) is 92.5 Å². The zero-order chi connectivity index (χ0) is 63.9. The Bertz CT molecular complexity index is 2670. The number of carboxylic acid groups (broad SMARTS) is 1. The standard InChI is InChI=1S/C64H96N8O13S/c1-12-41(8)49(35-55(76)53-30-40(7)26-29-70(53)11)62(81)71(13-2)52(39(5)6)36-56(85-43(10)73)61-69-51(37-86-61)60(80)67-46(31-42(9)63(82)83)32-44-20-22-45(23-21-44)33-54(75)50(19-17-27-66-64(65)84)68-59(79)48(38(3)4)34-47(74)18-15-14-16-28-72-57(77)24-25-58(72)78/h20-25,37-42,46,48-50,52-53,56H,12-19,26-36H2,1-11H3,(H,67,80)(H,68,79)(H,82,83)(H3,65,66,84)/t40-,41+,42+,46-,48+,49+,50+,52-,53-,56-/m1/s1. The number of hydrogen-bond acceptors (Lipinski definition) is 15. The van der Waals surface area contributed by atoms with Crippen LogP contribution in [0, 0.1) is 41.4 Å². The number of urea groups is 1. The van der Waals surface area contributed by atoms with E-state index in [1.807, 2.05) is 55.5 Å². The molecule has 86 heavy (non-hydrogen) atoms.